The molecule has 88 valence electrons. The number of nitro groups is 1. The molecule has 2 heterocycles. The van der Waals surface area contributed by atoms with E-state index in [-0.39, 0.29) is 5.82 Å². The monoisotopic (exact) mass is 296 g/mol. The largest absolute Gasteiger partial charge is 0.363 e. The zero-order valence-electron chi connectivity index (χ0n) is 9.22. The minimum absolute atomic E-state index is 0.172. The number of nitrogens with zero attached hydrogens (tertiary/aromatic N) is 4. The van der Waals surface area contributed by atoms with Gasteiger partial charge in [-0.15, -0.1) is 0 Å². The van der Waals surface area contributed by atoms with E-state index >= 15 is 0 Å². The van der Waals surface area contributed by atoms with Gasteiger partial charge in [-0.25, -0.2) is 4.68 Å². The second-order valence-electron chi connectivity index (χ2n) is 3.53. The molecule has 2 rings (SSSR count). The Kier molecular flexibility index (Phi) is 2.93. The van der Waals surface area contributed by atoms with Gasteiger partial charge in [-0.1, -0.05) is 0 Å². The fraction of sp³-hybridized carbons (Fsp3) is 0.200. The van der Waals surface area contributed by atoms with Gasteiger partial charge in [0.15, 0.2) is 6.20 Å². The van der Waals surface area contributed by atoms with E-state index in [0.717, 1.165) is 15.9 Å². The molecule has 7 heteroatoms. The topological polar surface area (TPSA) is 73.8 Å². The third-order valence-electron chi connectivity index (χ3n) is 2.37. The zero-order valence-corrected chi connectivity index (χ0v) is 10.8. The predicted molar refractivity (Wildman–Crippen MR) is 65.2 cm³/mol. The van der Waals surface area contributed by atoms with E-state index in [1.165, 1.54) is 12.3 Å². The molecule has 0 aliphatic heterocycles. The second-order valence-corrected chi connectivity index (χ2v) is 4.32. The number of pyridine rings is 1. The van der Waals surface area contributed by atoms with Crippen LogP contribution in [-0.4, -0.2) is 19.7 Å². The minimum atomic E-state index is -0.527. The van der Waals surface area contributed by atoms with Gasteiger partial charge in [-0.2, -0.15) is 5.10 Å². The van der Waals surface area contributed by atoms with E-state index in [0.29, 0.717) is 5.69 Å². The molecule has 2 aromatic rings. The van der Waals surface area contributed by atoms with Crippen LogP contribution in [0.2, 0.25) is 0 Å². The highest BCUT2D eigenvalue weighted by molar-refractivity contribution is 9.10. The van der Waals surface area contributed by atoms with Gasteiger partial charge in [0.25, 0.3) is 0 Å². The first-order chi connectivity index (χ1) is 8.00. The van der Waals surface area contributed by atoms with E-state index < -0.39 is 4.92 Å². The summed E-state index contributed by atoms with van der Waals surface area (Å²) in [6, 6.07) is 2.98. The van der Waals surface area contributed by atoms with Crippen molar-refractivity contribution >= 4 is 21.7 Å². The number of rotatable bonds is 2. The highest BCUT2D eigenvalue weighted by atomic mass is 79.9. The molecule has 0 amide bonds. The van der Waals surface area contributed by atoms with Gasteiger partial charge < -0.3 is 10.1 Å². The van der Waals surface area contributed by atoms with Crippen molar-refractivity contribution in [2.24, 2.45) is 0 Å². The molecular weight excluding hydrogens is 288 g/mol. The van der Waals surface area contributed by atoms with Gasteiger partial charge in [0.05, 0.1) is 15.9 Å². The first-order valence-corrected chi connectivity index (χ1v) is 5.62. The van der Waals surface area contributed by atoms with Crippen LogP contribution in [-0.2, 0) is 0 Å². The summed E-state index contributed by atoms with van der Waals surface area (Å²) >= 11 is 3.42. The molecule has 0 radical (unpaired) electrons. The predicted octanol–water partition coefficient (Wildman–Crippen LogP) is 2.55. The number of hydrogen-bond donors (Lipinski definition) is 0. The van der Waals surface area contributed by atoms with Gasteiger partial charge in [0, 0.05) is 6.07 Å². The SMILES string of the molecule is Cc1nn(-c2ccc([N+](=O)[O-])nc2)c(C)c1Br. The Hall–Kier alpha value is -1.76. The molecule has 6 nitrogen and oxygen atoms in total. The van der Waals surface area contributed by atoms with Crippen LogP contribution in [0.4, 0.5) is 5.82 Å². The number of halogens is 1. The fourth-order valence-corrected chi connectivity index (χ4v) is 1.73. The van der Waals surface area contributed by atoms with Crippen LogP contribution in [0.5, 0.6) is 0 Å². The first kappa shape index (κ1) is 11.7. The van der Waals surface area contributed by atoms with E-state index in [4.69, 9.17) is 0 Å². The van der Waals surface area contributed by atoms with Crippen molar-refractivity contribution in [3.8, 4) is 5.69 Å². The zero-order chi connectivity index (χ0) is 12.6. The van der Waals surface area contributed by atoms with Crippen molar-refractivity contribution in [1.29, 1.82) is 0 Å². The molecule has 0 unspecified atom stereocenters. The molecule has 2 aromatic heterocycles. The molecular formula is C10H9BrN4O2. The highest BCUT2D eigenvalue weighted by Crippen LogP contribution is 2.23. The average Bonchev–Trinajstić information content (AvgIpc) is 2.57. The highest BCUT2D eigenvalue weighted by Gasteiger charge is 2.13. The van der Waals surface area contributed by atoms with Crippen LogP contribution < -0.4 is 0 Å². The first-order valence-electron chi connectivity index (χ1n) is 4.83. The number of aryl methyl sites for hydroxylation is 1. The maximum atomic E-state index is 10.5. The van der Waals surface area contributed by atoms with Crippen molar-refractivity contribution in [3.63, 3.8) is 0 Å². The summed E-state index contributed by atoms with van der Waals surface area (Å²) in [5.74, 6) is -0.172. The molecule has 0 aliphatic carbocycles. The maximum absolute atomic E-state index is 10.5. The standard InChI is InChI=1S/C10H9BrN4O2/c1-6-10(11)7(2)14(13-6)8-3-4-9(12-5-8)15(16)17/h3-5H,1-2H3. The van der Waals surface area contributed by atoms with Gasteiger partial charge in [0.2, 0.25) is 0 Å². The van der Waals surface area contributed by atoms with Crippen molar-refractivity contribution in [3.05, 3.63) is 44.3 Å². The Labute approximate surface area is 106 Å². The summed E-state index contributed by atoms with van der Waals surface area (Å²) < 4.78 is 2.62. The lowest BCUT2D eigenvalue weighted by molar-refractivity contribution is -0.389. The lowest BCUT2D eigenvalue weighted by Gasteiger charge is -2.01. The molecule has 0 saturated carbocycles. The van der Waals surface area contributed by atoms with Gasteiger partial charge in [-0.3, -0.25) is 0 Å². The van der Waals surface area contributed by atoms with E-state index in [9.17, 15) is 10.1 Å². The summed E-state index contributed by atoms with van der Waals surface area (Å²) in [5.41, 5.74) is 2.49. The fourth-order valence-electron chi connectivity index (χ4n) is 1.49. The van der Waals surface area contributed by atoms with Crippen LogP contribution in [0.25, 0.3) is 5.69 Å². The third-order valence-corrected chi connectivity index (χ3v) is 3.51. The van der Waals surface area contributed by atoms with Crippen molar-refractivity contribution in [2.45, 2.75) is 13.8 Å². The normalized spacial score (nSPS) is 10.5. The number of aromatic nitrogens is 3. The number of hydrogen-bond acceptors (Lipinski definition) is 4. The summed E-state index contributed by atoms with van der Waals surface area (Å²) in [5, 5.41) is 14.8. The van der Waals surface area contributed by atoms with Crippen LogP contribution in [0.1, 0.15) is 11.4 Å². The summed E-state index contributed by atoms with van der Waals surface area (Å²) in [6.45, 7) is 3.79. The molecule has 0 atom stereocenters. The van der Waals surface area contributed by atoms with E-state index in [2.05, 4.69) is 26.0 Å². The van der Waals surface area contributed by atoms with Crippen molar-refractivity contribution in [1.82, 2.24) is 14.8 Å². The van der Waals surface area contributed by atoms with Crippen molar-refractivity contribution in [2.75, 3.05) is 0 Å². The molecule has 0 N–H and O–H groups in total. The average molecular weight is 297 g/mol. The lowest BCUT2D eigenvalue weighted by atomic mass is 10.3. The Morgan fingerprint density at radius 3 is 2.53 bits per heavy atom. The third kappa shape index (κ3) is 2.05. The van der Waals surface area contributed by atoms with Crippen molar-refractivity contribution < 1.29 is 4.92 Å². The maximum Gasteiger partial charge on any atom is 0.363 e. The van der Waals surface area contributed by atoms with E-state index in [1.54, 1.807) is 10.7 Å². The molecule has 0 aromatic carbocycles. The van der Waals surface area contributed by atoms with Crippen LogP contribution >= 0.6 is 15.9 Å². The minimum Gasteiger partial charge on any atom is -0.358 e. The molecule has 0 fully saturated rings. The van der Waals surface area contributed by atoms with Gasteiger partial charge in [-0.05, 0) is 45.8 Å². The summed E-state index contributed by atoms with van der Waals surface area (Å²) in [4.78, 5) is 13.7. The van der Waals surface area contributed by atoms with E-state index in [1.807, 2.05) is 13.8 Å². The van der Waals surface area contributed by atoms with Crippen LogP contribution in [0, 0.1) is 24.0 Å². The quantitative estimate of drug-likeness (QED) is 0.630. The molecule has 0 spiro atoms. The Bertz CT molecular complexity index is 577. The Morgan fingerprint density at radius 1 is 1.41 bits per heavy atom. The Balaban J connectivity index is 2.47. The van der Waals surface area contributed by atoms with Gasteiger partial charge in [0.1, 0.15) is 5.69 Å². The molecule has 0 saturated heterocycles. The van der Waals surface area contributed by atoms with Crippen LogP contribution in [0.3, 0.4) is 0 Å². The Morgan fingerprint density at radius 2 is 2.12 bits per heavy atom. The van der Waals surface area contributed by atoms with Crippen LogP contribution in [0.15, 0.2) is 22.8 Å². The summed E-state index contributed by atoms with van der Waals surface area (Å²) in [6.07, 6.45) is 1.43. The molecule has 0 aliphatic rings. The lowest BCUT2D eigenvalue weighted by Crippen LogP contribution is -2.00. The second kappa shape index (κ2) is 4.25. The van der Waals surface area contributed by atoms with Gasteiger partial charge >= 0.3 is 5.82 Å². The molecule has 0 bridgehead atoms. The summed E-state index contributed by atoms with van der Waals surface area (Å²) in [7, 11) is 0. The smallest absolute Gasteiger partial charge is 0.358 e. The molecule has 17 heavy (non-hydrogen) atoms.